The van der Waals surface area contributed by atoms with Gasteiger partial charge in [-0.15, -0.1) is 0 Å². The Balaban J connectivity index is 1.57. The van der Waals surface area contributed by atoms with E-state index in [1.165, 1.54) is 30.3 Å². The van der Waals surface area contributed by atoms with Crippen molar-refractivity contribution in [1.29, 1.82) is 0 Å². The van der Waals surface area contributed by atoms with Crippen molar-refractivity contribution in [3.8, 4) is 5.75 Å². The highest BCUT2D eigenvalue weighted by atomic mass is 127. The molecule has 0 saturated heterocycles. The van der Waals surface area contributed by atoms with Crippen LogP contribution in [0.15, 0.2) is 65.3 Å². The summed E-state index contributed by atoms with van der Waals surface area (Å²) in [6.07, 6.45) is 1.56. The van der Waals surface area contributed by atoms with Crippen LogP contribution in [-0.4, -0.2) is 16.8 Å². The number of nitro groups is 1. The van der Waals surface area contributed by atoms with Gasteiger partial charge in [-0.2, -0.15) is 0 Å². The molecule has 1 aliphatic heterocycles. The third-order valence-corrected chi connectivity index (χ3v) is 6.53. The van der Waals surface area contributed by atoms with E-state index >= 15 is 0 Å². The minimum absolute atomic E-state index is 0.0294. The second kappa shape index (κ2) is 10.4. The molecule has 0 amide bonds. The molecule has 0 radical (unpaired) electrons. The van der Waals surface area contributed by atoms with E-state index in [1.54, 1.807) is 18.2 Å². The molecule has 1 aliphatic rings. The van der Waals surface area contributed by atoms with Crippen molar-refractivity contribution < 1.29 is 23.6 Å². The van der Waals surface area contributed by atoms with Crippen LogP contribution >= 0.6 is 56.8 Å². The molecule has 0 aliphatic carbocycles. The third kappa shape index (κ3) is 5.55. The maximum atomic E-state index is 13.4. The van der Waals surface area contributed by atoms with Crippen LogP contribution in [0, 0.1) is 23.1 Å². The van der Waals surface area contributed by atoms with E-state index in [0.29, 0.717) is 16.9 Å². The standard InChI is InChI=1S/C23H12ClFI2N2O5/c24-16-5-4-14(10-20(16)29(31)32)22-28-19(23(30)34-22)9-13-7-17(26)21(18(27)8-13)33-11-12-2-1-3-15(25)6-12/h1-10H,11H2/b19-9-. The Bertz CT molecular complexity index is 1370. The first kappa shape index (κ1) is 24.5. The smallest absolute Gasteiger partial charge is 0.363 e. The van der Waals surface area contributed by atoms with Gasteiger partial charge < -0.3 is 9.47 Å². The summed E-state index contributed by atoms with van der Waals surface area (Å²) in [5, 5.41) is 11.1. The summed E-state index contributed by atoms with van der Waals surface area (Å²) < 4.78 is 26.1. The number of esters is 1. The van der Waals surface area contributed by atoms with E-state index < -0.39 is 10.9 Å². The topological polar surface area (TPSA) is 91.0 Å². The summed E-state index contributed by atoms with van der Waals surface area (Å²) in [6.45, 7) is 0.206. The second-order valence-electron chi connectivity index (χ2n) is 6.99. The molecule has 0 bridgehead atoms. The molecule has 0 unspecified atom stereocenters. The number of hydrogen-bond acceptors (Lipinski definition) is 6. The highest BCUT2D eigenvalue weighted by Crippen LogP contribution is 2.32. The van der Waals surface area contributed by atoms with Gasteiger partial charge in [0.2, 0.25) is 5.90 Å². The van der Waals surface area contributed by atoms with Crippen LogP contribution < -0.4 is 4.74 Å². The number of carbonyl (C=O) groups excluding carboxylic acids is 1. The number of benzene rings is 3. The van der Waals surface area contributed by atoms with Crippen molar-refractivity contribution in [3.63, 3.8) is 0 Å². The molecule has 1 heterocycles. The first-order valence-electron chi connectivity index (χ1n) is 9.54. The van der Waals surface area contributed by atoms with Gasteiger partial charge >= 0.3 is 5.97 Å². The lowest BCUT2D eigenvalue weighted by Crippen LogP contribution is -2.06. The number of rotatable bonds is 6. The second-order valence-corrected chi connectivity index (χ2v) is 9.72. The fraction of sp³-hybridized carbons (Fsp3) is 0.0435. The van der Waals surface area contributed by atoms with E-state index in [1.807, 2.05) is 12.1 Å². The van der Waals surface area contributed by atoms with Crippen LogP contribution in [0.1, 0.15) is 16.7 Å². The number of cyclic esters (lactones) is 1. The van der Waals surface area contributed by atoms with E-state index in [-0.39, 0.29) is 40.3 Å². The zero-order chi connectivity index (χ0) is 24.4. The summed E-state index contributed by atoms with van der Waals surface area (Å²) in [6, 6.07) is 13.8. The van der Waals surface area contributed by atoms with Crippen molar-refractivity contribution in [2.45, 2.75) is 6.61 Å². The molecular formula is C23H12ClFI2N2O5. The first-order chi connectivity index (χ1) is 16.2. The van der Waals surface area contributed by atoms with E-state index in [9.17, 15) is 19.3 Å². The monoisotopic (exact) mass is 704 g/mol. The Morgan fingerprint density at radius 1 is 1.15 bits per heavy atom. The lowest BCUT2D eigenvalue weighted by Gasteiger charge is -2.11. The predicted octanol–water partition coefficient (Wildman–Crippen LogP) is 6.52. The lowest BCUT2D eigenvalue weighted by molar-refractivity contribution is -0.384. The van der Waals surface area contributed by atoms with E-state index in [0.717, 1.165) is 7.14 Å². The molecule has 0 saturated carbocycles. The van der Waals surface area contributed by atoms with Gasteiger partial charge in [0, 0.05) is 11.6 Å². The molecule has 3 aromatic carbocycles. The molecule has 3 aromatic rings. The Hall–Kier alpha value is -2.58. The van der Waals surface area contributed by atoms with Crippen molar-refractivity contribution in [1.82, 2.24) is 0 Å². The van der Waals surface area contributed by atoms with Gasteiger partial charge in [0.05, 0.1) is 12.1 Å². The fourth-order valence-electron chi connectivity index (χ4n) is 3.06. The van der Waals surface area contributed by atoms with Crippen LogP contribution in [0.5, 0.6) is 5.75 Å². The number of ether oxygens (including phenoxy) is 2. The van der Waals surface area contributed by atoms with Crippen molar-refractivity contribution in [2.75, 3.05) is 0 Å². The Labute approximate surface area is 225 Å². The first-order valence-corrected chi connectivity index (χ1v) is 12.1. The Kier molecular flexibility index (Phi) is 7.48. The summed E-state index contributed by atoms with van der Waals surface area (Å²) in [5.41, 5.74) is 1.39. The average molecular weight is 705 g/mol. The predicted molar refractivity (Wildman–Crippen MR) is 141 cm³/mol. The number of nitro benzene ring substituents is 1. The Morgan fingerprint density at radius 3 is 2.56 bits per heavy atom. The summed E-state index contributed by atoms with van der Waals surface area (Å²) >= 11 is 10.1. The van der Waals surface area contributed by atoms with E-state index in [2.05, 4.69) is 50.2 Å². The van der Waals surface area contributed by atoms with Crippen LogP contribution in [0.25, 0.3) is 6.08 Å². The molecule has 0 atom stereocenters. The largest absolute Gasteiger partial charge is 0.487 e. The van der Waals surface area contributed by atoms with Crippen molar-refractivity contribution in [2.24, 2.45) is 4.99 Å². The SMILES string of the molecule is O=C1OC(c2ccc(Cl)c([N+](=O)[O-])c2)=N/C1=C\c1cc(I)c(OCc2cccc(F)c2)c(I)c1. The normalized spacial score (nSPS) is 14.2. The van der Waals surface area contributed by atoms with Gasteiger partial charge in [-0.25, -0.2) is 14.2 Å². The maximum absolute atomic E-state index is 13.4. The fourth-order valence-corrected chi connectivity index (χ4v) is 5.37. The zero-order valence-electron chi connectivity index (χ0n) is 16.9. The summed E-state index contributed by atoms with van der Waals surface area (Å²) in [4.78, 5) is 27.0. The molecule has 0 fully saturated rings. The van der Waals surface area contributed by atoms with Gasteiger partial charge in [0.1, 0.15) is 23.2 Å². The summed E-state index contributed by atoms with van der Waals surface area (Å²) in [7, 11) is 0. The molecule has 0 spiro atoms. The molecule has 0 N–H and O–H groups in total. The van der Waals surface area contributed by atoms with Crippen molar-refractivity contribution in [3.05, 3.63) is 105 Å². The van der Waals surface area contributed by atoms with Gasteiger partial charge in [0.25, 0.3) is 5.69 Å². The Morgan fingerprint density at radius 2 is 1.88 bits per heavy atom. The van der Waals surface area contributed by atoms with Gasteiger partial charge in [-0.3, -0.25) is 10.1 Å². The molecule has 7 nitrogen and oxygen atoms in total. The number of nitrogens with zero attached hydrogens (tertiary/aromatic N) is 2. The highest BCUT2D eigenvalue weighted by Gasteiger charge is 2.26. The number of carbonyl (C=O) groups is 1. The third-order valence-electron chi connectivity index (χ3n) is 4.61. The van der Waals surface area contributed by atoms with Gasteiger partial charge in [-0.05, 0) is 98.8 Å². The maximum Gasteiger partial charge on any atom is 0.363 e. The number of hydrogen-bond donors (Lipinski definition) is 0. The average Bonchev–Trinajstić information content (AvgIpc) is 3.13. The number of halogens is 4. The molecule has 4 rings (SSSR count). The van der Waals surface area contributed by atoms with Crippen LogP contribution in [0.4, 0.5) is 10.1 Å². The van der Waals surface area contributed by atoms with Gasteiger partial charge in [-0.1, -0.05) is 23.7 Å². The lowest BCUT2D eigenvalue weighted by atomic mass is 10.2. The minimum atomic E-state index is -0.677. The van der Waals surface area contributed by atoms with Crippen molar-refractivity contribution >= 4 is 80.4 Å². The molecule has 34 heavy (non-hydrogen) atoms. The van der Waals surface area contributed by atoms with Gasteiger partial charge in [0.15, 0.2) is 5.70 Å². The van der Waals surface area contributed by atoms with Crippen LogP contribution in [-0.2, 0) is 16.1 Å². The minimum Gasteiger partial charge on any atom is -0.487 e. The molecule has 172 valence electrons. The molecule has 11 heteroatoms. The quantitative estimate of drug-likeness (QED) is 0.0959. The molecule has 0 aromatic heterocycles. The van der Waals surface area contributed by atoms with E-state index in [4.69, 9.17) is 21.1 Å². The number of aliphatic imine (C=N–C) groups is 1. The summed E-state index contributed by atoms with van der Waals surface area (Å²) in [5.74, 6) is -0.414. The zero-order valence-corrected chi connectivity index (χ0v) is 22.0. The van der Waals surface area contributed by atoms with Crippen LogP contribution in [0.3, 0.4) is 0 Å². The molecular weight excluding hydrogens is 693 g/mol. The van der Waals surface area contributed by atoms with Crippen LogP contribution in [0.2, 0.25) is 5.02 Å². The highest BCUT2D eigenvalue weighted by molar-refractivity contribution is 14.1.